The van der Waals surface area contributed by atoms with E-state index in [-0.39, 0.29) is 0 Å². The average Bonchev–Trinajstić information content (AvgIpc) is 2.91. The zero-order valence-electron chi connectivity index (χ0n) is 7.81. The van der Waals surface area contributed by atoms with Crippen molar-refractivity contribution in [3.8, 4) is 6.07 Å². The Labute approximate surface area is 95.9 Å². The number of nitriles is 1. The van der Waals surface area contributed by atoms with E-state index >= 15 is 0 Å². The van der Waals surface area contributed by atoms with Crippen LogP contribution in [-0.2, 0) is 0 Å². The lowest BCUT2D eigenvalue weighted by Crippen LogP contribution is -1.97. The third kappa shape index (κ3) is 1.94. The molecule has 2 heterocycles. The number of nitrogens with two attached hydrogens (primary N) is 1. The van der Waals surface area contributed by atoms with Gasteiger partial charge < -0.3 is 5.73 Å². The molecule has 0 unspecified atom stereocenters. The molecule has 2 aromatic rings. The molecule has 0 amide bonds. The van der Waals surface area contributed by atoms with Crippen molar-refractivity contribution in [2.75, 3.05) is 0 Å². The van der Waals surface area contributed by atoms with Crippen LogP contribution in [0.4, 0.5) is 0 Å². The Morgan fingerprint density at radius 1 is 1.13 bits per heavy atom. The highest BCUT2D eigenvalue weighted by Crippen LogP contribution is 2.27. The van der Waals surface area contributed by atoms with Crippen LogP contribution in [0.2, 0.25) is 0 Å². The van der Waals surface area contributed by atoms with Crippen LogP contribution in [0.5, 0.6) is 0 Å². The highest BCUT2D eigenvalue weighted by molar-refractivity contribution is 7.12. The fraction of sp³-hybridized carbons (Fsp3) is 0. The zero-order chi connectivity index (χ0) is 10.7. The predicted molar refractivity (Wildman–Crippen MR) is 65.3 cm³/mol. The topological polar surface area (TPSA) is 49.8 Å². The maximum atomic E-state index is 9.09. The maximum Gasteiger partial charge on any atom is 0.103 e. The van der Waals surface area contributed by atoms with Crippen molar-refractivity contribution in [3.63, 3.8) is 0 Å². The maximum absolute atomic E-state index is 9.09. The Bertz CT molecular complexity index is 501. The molecule has 0 atom stereocenters. The van der Waals surface area contributed by atoms with Crippen molar-refractivity contribution in [2.24, 2.45) is 5.73 Å². The van der Waals surface area contributed by atoms with Crippen molar-refractivity contribution in [1.82, 2.24) is 0 Å². The van der Waals surface area contributed by atoms with Crippen LogP contribution in [0.15, 0.2) is 35.0 Å². The van der Waals surface area contributed by atoms with E-state index in [0.717, 1.165) is 9.75 Å². The largest absolute Gasteiger partial charge is 0.396 e. The average molecular weight is 232 g/mol. The molecule has 0 aliphatic carbocycles. The molecular weight excluding hydrogens is 224 g/mol. The van der Waals surface area contributed by atoms with Crippen LogP contribution < -0.4 is 5.73 Å². The molecule has 0 aliphatic heterocycles. The minimum atomic E-state index is 0.562. The molecule has 0 fully saturated rings. The second-order valence-corrected chi connectivity index (χ2v) is 4.75. The summed E-state index contributed by atoms with van der Waals surface area (Å²) in [6.45, 7) is 0. The lowest BCUT2D eigenvalue weighted by molar-refractivity contribution is 1.52. The molecule has 15 heavy (non-hydrogen) atoms. The first-order chi connectivity index (χ1) is 7.33. The van der Waals surface area contributed by atoms with E-state index in [1.165, 1.54) is 11.3 Å². The molecule has 2 N–H and O–H groups in total. The van der Waals surface area contributed by atoms with E-state index in [1.54, 1.807) is 11.3 Å². The van der Waals surface area contributed by atoms with E-state index in [1.807, 2.05) is 35.0 Å². The third-order valence-corrected chi connectivity index (χ3v) is 3.73. The Balaban J connectivity index is 2.51. The molecule has 74 valence electrons. The van der Waals surface area contributed by atoms with Gasteiger partial charge in [-0.1, -0.05) is 12.1 Å². The number of allylic oxidation sites excluding steroid dienone is 1. The fourth-order valence-electron chi connectivity index (χ4n) is 1.22. The van der Waals surface area contributed by atoms with Crippen LogP contribution in [-0.4, -0.2) is 0 Å². The number of rotatable bonds is 2. The standard InChI is InChI=1S/C11H8N2S2/c12-7-8(9-3-1-5-14-9)11(13)10-4-2-6-15-10/h1-6H,13H2/b11-8-. The number of hydrogen-bond acceptors (Lipinski definition) is 4. The first-order valence-electron chi connectivity index (χ1n) is 4.30. The normalized spacial score (nSPS) is 11.9. The number of nitrogens with zero attached hydrogens (tertiary/aromatic N) is 1. The summed E-state index contributed by atoms with van der Waals surface area (Å²) in [4.78, 5) is 1.86. The molecule has 0 aliphatic rings. The fourth-order valence-corrected chi connectivity index (χ4v) is 2.65. The summed E-state index contributed by atoms with van der Waals surface area (Å²) < 4.78 is 0. The summed E-state index contributed by atoms with van der Waals surface area (Å²) in [6.07, 6.45) is 0. The van der Waals surface area contributed by atoms with Gasteiger partial charge in [0.05, 0.1) is 16.1 Å². The first kappa shape index (κ1) is 9.97. The van der Waals surface area contributed by atoms with Gasteiger partial charge in [0, 0.05) is 4.88 Å². The summed E-state index contributed by atoms with van der Waals surface area (Å²) >= 11 is 3.07. The van der Waals surface area contributed by atoms with Gasteiger partial charge in [0.15, 0.2) is 0 Å². The predicted octanol–water partition coefficient (Wildman–Crippen LogP) is 3.16. The molecule has 0 saturated carbocycles. The van der Waals surface area contributed by atoms with Gasteiger partial charge in [-0.3, -0.25) is 0 Å². The highest BCUT2D eigenvalue weighted by Gasteiger charge is 2.09. The molecule has 2 rings (SSSR count). The first-order valence-corrected chi connectivity index (χ1v) is 6.06. The SMILES string of the molecule is N#C/C(=C(/N)c1cccs1)c1cccs1. The molecule has 0 radical (unpaired) electrons. The Kier molecular flexibility index (Phi) is 2.86. The summed E-state index contributed by atoms with van der Waals surface area (Å²) in [5.74, 6) is 0. The minimum absolute atomic E-state index is 0.562. The van der Waals surface area contributed by atoms with Gasteiger partial charge >= 0.3 is 0 Å². The molecule has 0 bridgehead atoms. The van der Waals surface area contributed by atoms with Gasteiger partial charge in [-0.25, -0.2) is 0 Å². The number of hydrogen-bond donors (Lipinski definition) is 1. The summed E-state index contributed by atoms with van der Waals surface area (Å²) in [5, 5.41) is 13.0. The smallest absolute Gasteiger partial charge is 0.103 e. The molecule has 2 nitrogen and oxygen atoms in total. The monoisotopic (exact) mass is 232 g/mol. The van der Waals surface area contributed by atoms with Crippen LogP contribution in [0.25, 0.3) is 11.3 Å². The molecule has 2 aromatic heterocycles. The molecule has 4 heteroatoms. The van der Waals surface area contributed by atoms with Crippen molar-refractivity contribution in [2.45, 2.75) is 0 Å². The molecular formula is C11H8N2S2. The molecule has 0 spiro atoms. The van der Waals surface area contributed by atoms with Crippen LogP contribution in [0.3, 0.4) is 0 Å². The lowest BCUT2D eigenvalue weighted by atomic mass is 10.1. The summed E-state index contributed by atoms with van der Waals surface area (Å²) in [7, 11) is 0. The van der Waals surface area contributed by atoms with Crippen molar-refractivity contribution in [3.05, 3.63) is 44.8 Å². The van der Waals surface area contributed by atoms with Gasteiger partial charge in [-0.15, -0.1) is 22.7 Å². The van der Waals surface area contributed by atoms with E-state index in [2.05, 4.69) is 6.07 Å². The quantitative estimate of drug-likeness (QED) is 0.808. The van der Waals surface area contributed by atoms with Crippen LogP contribution >= 0.6 is 22.7 Å². The summed E-state index contributed by atoms with van der Waals surface area (Å²) in [6, 6.07) is 9.83. The highest BCUT2D eigenvalue weighted by atomic mass is 32.1. The Morgan fingerprint density at radius 3 is 2.20 bits per heavy atom. The zero-order valence-corrected chi connectivity index (χ0v) is 9.44. The number of thiophene rings is 2. The lowest BCUT2D eigenvalue weighted by Gasteiger charge is -2.00. The van der Waals surface area contributed by atoms with Crippen LogP contribution in [0, 0.1) is 11.3 Å². The van der Waals surface area contributed by atoms with Gasteiger partial charge in [0.2, 0.25) is 0 Å². The van der Waals surface area contributed by atoms with Crippen molar-refractivity contribution < 1.29 is 0 Å². The van der Waals surface area contributed by atoms with E-state index < -0.39 is 0 Å². The Morgan fingerprint density at radius 2 is 1.73 bits per heavy atom. The van der Waals surface area contributed by atoms with Gasteiger partial charge in [-0.05, 0) is 22.9 Å². The van der Waals surface area contributed by atoms with Gasteiger partial charge in [0.1, 0.15) is 6.07 Å². The molecule has 0 aromatic carbocycles. The minimum Gasteiger partial charge on any atom is -0.396 e. The van der Waals surface area contributed by atoms with E-state index in [4.69, 9.17) is 11.0 Å². The van der Waals surface area contributed by atoms with Gasteiger partial charge in [-0.2, -0.15) is 5.26 Å². The Hall–Kier alpha value is -1.57. The second-order valence-electron chi connectivity index (χ2n) is 2.86. The van der Waals surface area contributed by atoms with Crippen molar-refractivity contribution >= 4 is 33.9 Å². The van der Waals surface area contributed by atoms with Crippen molar-refractivity contribution in [1.29, 1.82) is 5.26 Å². The third-order valence-electron chi connectivity index (χ3n) is 1.94. The van der Waals surface area contributed by atoms with E-state index in [9.17, 15) is 0 Å². The van der Waals surface area contributed by atoms with Crippen LogP contribution in [0.1, 0.15) is 9.75 Å². The second kappa shape index (κ2) is 4.30. The van der Waals surface area contributed by atoms with Gasteiger partial charge in [0.25, 0.3) is 0 Å². The molecule has 0 saturated heterocycles. The van der Waals surface area contributed by atoms with E-state index in [0.29, 0.717) is 11.3 Å². The summed E-state index contributed by atoms with van der Waals surface area (Å²) in [5.41, 5.74) is 7.09.